The quantitative estimate of drug-likeness (QED) is 0.783. The molecule has 0 unspecified atom stereocenters. The Morgan fingerprint density at radius 1 is 1.10 bits per heavy atom. The van der Waals surface area contributed by atoms with Crippen molar-refractivity contribution in [3.05, 3.63) is 65.1 Å². The van der Waals surface area contributed by atoms with Gasteiger partial charge in [-0.1, -0.05) is 17.7 Å². The van der Waals surface area contributed by atoms with Crippen molar-refractivity contribution in [2.24, 2.45) is 0 Å². The number of nitrogens with one attached hydrogen (secondary N) is 1. The summed E-state index contributed by atoms with van der Waals surface area (Å²) in [6.45, 7) is 2.65. The number of hydrogen-bond donors (Lipinski definition) is 1. The second kappa shape index (κ2) is 5.47. The van der Waals surface area contributed by atoms with Gasteiger partial charge >= 0.3 is 0 Å². The van der Waals surface area contributed by atoms with Gasteiger partial charge in [-0.15, -0.1) is 0 Å². The Labute approximate surface area is 122 Å². The number of halogens is 1. The number of benzene rings is 1. The van der Waals surface area contributed by atoms with Crippen molar-refractivity contribution >= 4 is 28.2 Å². The molecule has 0 radical (unpaired) electrons. The molecule has 0 bridgehead atoms. The zero-order valence-electron chi connectivity index (χ0n) is 11.1. The first-order chi connectivity index (χ1) is 9.75. The van der Waals surface area contributed by atoms with Crippen LogP contribution in [0.2, 0.25) is 5.02 Å². The summed E-state index contributed by atoms with van der Waals surface area (Å²) in [5.74, 6) is 0. The monoisotopic (exact) mass is 283 g/mol. The van der Waals surface area contributed by atoms with Crippen LogP contribution in [-0.2, 0) is 6.54 Å². The van der Waals surface area contributed by atoms with Gasteiger partial charge in [0.15, 0.2) is 0 Å². The third kappa shape index (κ3) is 2.45. The molecule has 100 valence electrons. The fraction of sp³-hybridized carbons (Fsp3) is 0.125. The van der Waals surface area contributed by atoms with Crippen molar-refractivity contribution < 1.29 is 0 Å². The molecular weight excluding hydrogens is 270 g/mol. The van der Waals surface area contributed by atoms with E-state index >= 15 is 0 Å². The van der Waals surface area contributed by atoms with E-state index in [-0.39, 0.29) is 0 Å². The Hall–Kier alpha value is -2.13. The Bertz CT molecular complexity index is 741. The summed E-state index contributed by atoms with van der Waals surface area (Å²) >= 11 is 6.36. The van der Waals surface area contributed by atoms with Gasteiger partial charge < -0.3 is 5.32 Å². The minimum atomic E-state index is 0.633. The maximum absolute atomic E-state index is 6.36. The Morgan fingerprint density at radius 3 is 2.75 bits per heavy atom. The smallest absolute Gasteiger partial charge is 0.0752 e. The molecular formula is C16H14ClN3. The van der Waals surface area contributed by atoms with Crippen LogP contribution in [0.25, 0.3) is 10.9 Å². The molecule has 0 saturated heterocycles. The normalized spacial score (nSPS) is 10.7. The molecule has 20 heavy (non-hydrogen) atoms. The van der Waals surface area contributed by atoms with Crippen molar-refractivity contribution in [2.45, 2.75) is 13.5 Å². The van der Waals surface area contributed by atoms with Crippen LogP contribution < -0.4 is 5.32 Å². The Morgan fingerprint density at radius 2 is 1.95 bits per heavy atom. The van der Waals surface area contributed by atoms with Crippen LogP contribution in [0.3, 0.4) is 0 Å². The topological polar surface area (TPSA) is 37.8 Å². The molecule has 3 rings (SSSR count). The minimum Gasteiger partial charge on any atom is -0.378 e. The standard InChI is InChI=1S/C16H14ClN3/c1-11-9-14(17)16(13-6-4-8-19-15(11)13)20-10-12-5-2-3-7-18-12/h2-9,20H,10H2,1H3. The van der Waals surface area contributed by atoms with Crippen LogP contribution in [0.5, 0.6) is 0 Å². The highest BCUT2D eigenvalue weighted by molar-refractivity contribution is 6.35. The molecule has 1 N–H and O–H groups in total. The summed E-state index contributed by atoms with van der Waals surface area (Å²) in [6.07, 6.45) is 3.58. The summed E-state index contributed by atoms with van der Waals surface area (Å²) in [5.41, 5.74) is 3.93. The number of anilines is 1. The number of aryl methyl sites for hydroxylation is 1. The van der Waals surface area contributed by atoms with E-state index in [1.165, 1.54) is 0 Å². The van der Waals surface area contributed by atoms with Crippen molar-refractivity contribution in [1.29, 1.82) is 0 Å². The molecule has 2 heterocycles. The molecule has 1 aromatic carbocycles. The highest BCUT2D eigenvalue weighted by Crippen LogP contribution is 2.32. The van der Waals surface area contributed by atoms with Crippen LogP contribution in [0.15, 0.2) is 48.8 Å². The Balaban J connectivity index is 1.99. The predicted molar refractivity (Wildman–Crippen MR) is 83.1 cm³/mol. The lowest BCUT2D eigenvalue weighted by atomic mass is 10.1. The zero-order chi connectivity index (χ0) is 13.9. The number of hydrogen-bond acceptors (Lipinski definition) is 3. The third-order valence-corrected chi connectivity index (χ3v) is 3.50. The fourth-order valence-electron chi connectivity index (χ4n) is 2.24. The maximum Gasteiger partial charge on any atom is 0.0752 e. The summed E-state index contributed by atoms with van der Waals surface area (Å²) in [5, 5.41) is 5.11. The van der Waals surface area contributed by atoms with Gasteiger partial charge in [-0.2, -0.15) is 0 Å². The van der Waals surface area contributed by atoms with Crippen molar-refractivity contribution in [2.75, 3.05) is 5.32 Å². The van der Waals surface area contributed by atoms with E-state index in [1.54, 1.807) is 12.4 Å². The van der Waals surface area contributed by atoms with Crippen LogP contribution >= 0.6 is 11.6 Å². The molecule has 4 heteroatoms. The number of pyridine rings is 2. The molecule has 0 atom stereocenters. The second-order valence-corrected chi connectivity index (χ2v) is 5.03. The first-order valence-corrected chi connectivity index (χ1v) is 6.81. The number of rotatable bonds is 3. The van der Waals surface area contributed by atoms with Crippen LogP contribution in [0, 0.1) is 6.92 Å². The fourth-order valence-corrected chi connectivity index (χ4v) is 2.57. The number of aromatic nitrogens is 2. The molecule has 0 amide bonds. The van der Waals surface area contributed by atoms with Crippen molar-refractivity contribution in [3.8, 4) is 0 Å². The lowest BCUT2D eigenvalue weighted by molar-refractivity contribution is 1.05. The van der Waals surface area contributed by atoms with Gasteiger partial charge in [-0.3, -0.25) is 9.97 Å². The maximum atomic E-state index is 6.36. The van der Waals surface area contributed by atoms with Gasteiger partial charge in [0, 0.05) is 17.8 Å². The number of fused-ring (bicyclic) bond motifs is 1. The SMILES string of the molecule is Cc1cc(Cl)c(NCc2ccccn2)c2cccnc12. The van der Waals surface area contributed by atoms with Crippen LogP contribution in [0.4, 0.5) is 5.69 Å². The molecule has 0 fully saturated rings. The lowest BCUT2D eigenvalue weighted by Gasteiger charge is -2.12. The highest BCUT2D eigenvalue weighted by Gasteiger charge is 2.09. The summed E-state index contributed by atoms with van der Waals surface area (Å²) in [4.78, 5) is 8.72. The van der Waals surface area contributed by atoms with Gasteiger partial charge in [0.25, 0.3) is 0 Å². The van der Waals surface area contributed by atoms with Gasteiger partial charge in [0.1, 0.15) is 0 Å². The van der Waals surface area contributed by atoms with E-state index in [1.807, 2.05) is 43.3 Å². The predicted octanol–water partition coefficient (Wildman–Crippen LogP) is 4.20. The molecule has 0 saturated carbocycles. The van der Waals surface area contributed by atoms with E-state index in [0.29, 0.717) is 11.6 Å². The van der Waals surface area contributed by atoms with Gasteiger partial charge in [-0.05, 0) is 42.8 Å². The average molecular weight is 284 g/mol. The molecule has 3 aromatic rings. The second-order valence-electron chi connectivity index (χ2n) is 4.62. The van der Waals surface area contributed by atoms with Gasteiger partial charge in [0.2, 0.25) is 0 Å². The third-order valence-electron chi connectivity index (χ3n) is 3.21. The molecule has 2 aromatic heterocycles. The summed E-state index contributed by atoms with van der Waals surface area (Å²) in [7, 11) is 0. The molecule has 0 aliphatic carbocycles. The molecule has 0 spiro atoms. The van der Waals surface area contributed by atoms with Crippen LogP contribution in [-0.4, -0.2) is 9.97 Å². The summed E-state index contributed by atoms with van der Waals surface area (Å²) in [6, 6.07) is 11.8. The van der Waals surface area contributed by atoms with Crippen LogP contribution in [0.1, 0.15) is 11.3 Å². The largest absolute Gasteiger partial charge is 0.378 e. The molecule has 3 nitrogen and oxygen atoms in total. The summed E-state index contributed by atoms with van der Waals surface area (Å²) < 4.78 is 0. The van der Waals surface area contributed by atoms with E-state index in [4.69, 9.17) is 11.6 Å². The average Bonchev–Trinajstić information content (AvgIpc) is 2.48. The highest BCUT2D eigenvalue weighted by atomic mass is 35.5. The van der Waals surface area contributed by atoms with Gasteiger partial charge in [-0.25, -0.2) is 0 Å². The number of nitrogens with zero attached hydrogens (tertiary/aromatic N) is 2. The van der Waals surface area contributed by atoms with Crippen molar-refractivity contribution in [3.63, 3.8) is 0 Å². The minimum absolute atomic E-state index is 0.633. The van der Waals surface area contributed by atoms with Gasteiger partial charge in [0.05, 0.1) is 28.5 Å². The van der Waals surface area contributed by atoms with E-state index in [2.05, 4.69) is 15.3 Å². The molecule has 0 aliphatic heterocycles. The van der Waals surface area contributed by atoms with E-state index < -0.39 is 0 Å². The zero-order valence-corrected chi connectivity index (χ0v) is 11.9. The Kier molecular flexibility index (Phi) is 3.52. The van der Waals surface area contributed by atoms with E-state index in [9.17, 15) is 0 Å². The first-order valence-electron chi connectivity index (χ1n) is 6.43. The molecule has 0 aliphatic rings. The van der Waals surface area contributed by atoms with E-state index in [0.717, 1.165) is 27.8 Å². The van der Waals surface area contributed by atoms with Crippen molar-refractivity contribution in [1.82, 2.24) is 9.97 Å². The first kappa shape index (κ1) is 12.9. The lowest BCUT2D eigenvalue weighted by Crippen LogP contribution is -2.03.